The van der Waals surface area contributed by atoms with Gasteiger partial charge in [0, 0.05) is 30.1 Å². The Morgan fingerprint density at radius 2 is 1.94 bits per heavy atom. The van der Waals surface area contributed by atoms with Crippen molar-refractivity contribution in [2.45, 2.75) is 69.1 Å². The van der Waals surface area contributed by atoms with Crippen LogP contribution in [0.5, 0.6) is 5.88 Å². The Bertz CT molecular complexity index is 2040. The molecule has 1 N–H and O–H groups in total. The summed E-state index contributed by atoms with van der Waals surface area (Å²) in [5.74, 6) is 4.76. The van der Waals surface area contributed by atoms with Crippen LogP contribution in [0.4, 0.5) is 20.3 Å². The molecule has 4 aliphatic rings. The zero-order valence-corrected chi connectivity index (χ0v) is 28.3. The number of aromatic nitrogens is 3. The number of hydrogen-bond donors (Lipinski definition) is 1. The van der Waals surface area contributed by atoms with Crippen molar-refractivity contribution in [3.05, 3.63) is 47.9 Å². The summed E-state index contributed by atoms with van der Waals surface area (Å²) in [5, 5.41) is 10.9. The number of carbonyl (C=O) groups is 1. The van der Waals surface area contributed by atoms with Crippen molar-refractivity contribution in [3.63, 3.8) is 0 Å². The first-order valence-corrected chi connectivity index (χ1v) is 16.9. The van der Waals surface area contributed by atoms with Crippen LogP contribution in [-0.2, 0) is 23.7 Å². The predicted octanol–water partition coefficient (Wildman–Crippen LogP) is 4.36. The van der Waals surface area contributed by atoms with E-state index >= 15 is 0 Å². The SMILES string of the molecule is C[C@@H]1N(c2cc(C#CC3OCCOC3(C)C)cnc2O[C@H]2C[C@@H](C(=O)O)N(c3nc(C(F)F)nc4c3oc3ccccc34)C2)CCOC12COC2. The van der Waals surface area contributed by atoms with Crippen molar-refractivity contribution >= 4 is 39.5 Å². The molecule has 4 aromatic rings. The van der Waals surface area contributed by atoms with Gasteiger partial charge in [0.05, 0.1) is 45.6 Å². The standard InChI is InChI=1S/C36H37F2N5O8/c1-20-36(18-46-19-36)49-11-10-42(20)24-14-21(8-9-27-35(2,3)48-13-12-47-27)16-39-33(24)50-22-15-25(34(44)45)43(17-22)32-29-28(40-31(41-32)30(37)38)23-6-4-5-7-26(23)51-29/h4-7,14,16,20,22,25,27,30H,10-13,15,17-19H2,1-3H3,(H,44,45)/t20-,22-,25-,27?/m0/s1. The number of halogens is 2. The molecule has 0 radical (unpaired) electrons. The summed E-state index contributed by atoms with van der Waals surface area (Å²) in [6, 6.07) is 7.54. The lowest BCUT2D eigenvalue weighted by molar-refractivity contribution is -0.228. The van der Waals surface area contributed by atoms with Gasteiger partial charge in [0.2, 0.25) is 5.88 Å². The Kier molecular flexibility index (Phi) is 8.45. The van der Waals surface area contributed by atoms with E-state index in [9.17, 15) is 18.7 Å². The molecule has 8 rings (SSSR count). The number of hydrogen-bond acceptors (Lipinski definition) is 12. The quantitative estimate of drug-likeness (QED) is 0.284. The number of furan rings is 1. The van der Waals surface area contributed by atoms with Gasteiger partial charge in [-0.1, -0.05) is 24.0 Å². The van der Waals surface area contributed by atoms with E-state index in [1.807, 2.05) is 19.9 Å². The summed E-state index contributed by atoms with van der Waals surface area (Å²) in [4.78, 5) is 29.2. The third kappa shape index (κ3) is 5.99. The third-order valence-corrected chi connectivity index (χ3v) is 10.1. The van der Waals surface area contributed by atoms with Crippen LogP contribution in [0, 0.1) is 11.8 Å². The van der Waals surface area contributed by atoms with Crippen molar-refractivity contribution in [2.24, 2.45) is 0 Å². The average Bonchev–Trinajstić information content (AvgIpc) is 3.69. The molecule has 0 amide bonds. The van der Waals surface area contributed by atoms with Crippen molar-refractivity contribution in [2.75, 3.05) is 55.9 Å². The van der Waals surface area contributed by atoms with Crippen molar-refractivity contribution in [1.29, 1.82) is 0 Å². The van der Waals surface area contributed by atoms with E-state index < -0.39 is 47.7 Å². The highest BCUT2D eigenvalue weighted by Gasteiger charge is 2.50. The molecule has 268 valence electrons. The fourth-order valence-corrected chi connectivity index (χ4v) is 7.21. The Labute approximate surface area is 291 Å². The Morgan fingerprint density at radius 3 is 2.69 bits per heavy atom. The second kappa shape index (κ2) is 12.9. The number of anilines is 2. The monoisotopic (exact) mass is 705 g/mol. The van der Waals surface area contributed by atoms with Gasteiger partial charge < -0.3 is 43.0 Å². The highest BCUT2D eigenvalue weighted by molar-refractivity contribution is 6.06. The summed E-state index contributed by atoms with van der Waals surface area (Å²) < 4.78 is 64.2. The topological polar surface area (TPSA) is 142 Å². The van der Waals surface area contributed by atoms with Crippen LogP contribution in [0.15, 0.2) is 40.9 Å². The number of alkyl halides is 2. The van der Waals surface area contributed by atoms with Crippen molar-refractivity contribution in [3.8, 4) is 17.7 Å². The minimum Gasteiger partial charge on any atom is -0.480 e. The summed E-state index contributed by atoms with van der Waals surface area (Å²) in [5.41, 5.74) is 0.956. The number of nitrogens with zero attached hydrogens (tertiary/aromatic N) is 5. The first-order valence-electron chi connectivity index (χ1n) is 16.9. The van der Waals surface area contributed by atoms with E-state index in [-0.39, 0.29) is 41.8 Å². The normalized spacial score (nSPS) is 25.6. The number of para-hydroxylation sites is 1. The molecule has 15 heteroatoms. The highest BCUT2D eigenvalue weighted by atomic mass is 19.3. The number of pyridine rings is 1. The first-order chi connectivity index (χ1) is 24.5. The minimum absolute atomic E-state index is 0.00994. The molecule has 13 nitrogen and oxygen atoms in total. The summed E-state index contributed by atoms with van der Waals surface area (Å²) in [6.07, 6.45) is -2.50. The van der Waals surface area contributed by atoms with E-state index in [1.54, 1.807) is 30.5 Å². The number of morpholine rings is 1. The van der Waals surface area contributed by atoms with Crippen LogP contribution in [0.25, 0.3) is 22.1 Å². The number of carboxylic acid groups (broad SMARTS) is 1. The number of benzene rings is 1. The van der Waals surface area contributed by atoms with Crippen molar-refractivity contribution in [1.82, 2.24) is 15.0 Å². The van der Waals surface area contributed by atoms with Crippen molar-refractivity contribution < 1.29 is 46.8 Å². The maximum Gasteiger partial charge on any atom is 0.326 e. The van der Waals surface area contributed by atoms with Gasteiger partial charge in [-0.05, 0) is 39.0 Å². The molecule has 4 atom stereocenters. The molecule has 0 bridgehead atoms. The Morgan fingerprint density at radius 1 is 1.12 bits per heavy atom. The summed E-state index contributed by atoms with van der Waals surface area (Å²) in [6.45, 7) is 8.80. The molecule has 4 fully saturated rings. The molecule has 7 heterocycles. The maximum atomic E-state index is 14.1. The van der Waals surface area contributed by atoms with Gasteiger partial charge in [0.15, 0.2) is 17.2 Å². The third-order valence-electron chi connectivity index (χ3n) is 10.1. The smallest absolute Gasteiger partial charge is 0.326 e. The van der Waals surface area contributed by atoms with Gasteiger partial charge in [-0.2, -0.15) is 0 Å². The molecule has 1 spiro atoms. The van der Waals surface area contributed by atoms with Crippen LogP contribution in [0.3, 0.4) is 0 Å². The molecule has 1 unspecified atom stereocenters. The zero-order chi connectivity index (χ0) is 35.5. The number of ether oxygens (including phenoxy) is 5. The lowest BCUT2D eigenvalue weighted by Gasteiger charge is -2.53. The van der Waals surface area contributed by atoms with E-state index in [2.05, 4.69) is 33.6 Å². The molecular formula is C36H37F2N5O8. The number of fused-ring (bicyclic) bond motifs is 3. The molecule has 0 saturated carbocycles. The van der Waals surface area contributed by atoms with Gasteiger partial charge in [0.25, 0.3) is 6.43 Å². The van der Waals surface area contributed by atoms with E-state index in [0.29, 0.717) is 61.8 Å². The Balaban J connectivity index is 1.14. The molecule has 4 saturated heterocycles. The fraction of sp³-hybridized carbons (Fsp3) is 0.500. The lowest BCUT2D eigenvalue weighted by atomic mass is 9.90. The summed E-state index contributed by atoms with van der Waals surface area (Å²) in [7, 11) is 0. The molecule has 3 aromatic heterocycles. The zero-order valence-electron chi connectivity index (χ0n) is 28.3. The van der Waals surface area contributed by atoms with Crippen LogP contribution in [0.2, 0.25) is 0 Å². The maximum absolute atomic E-state index is 14.1. The van der Waals surface area contributed by atoms with Crippen LogP contribution in [0.1, 0.15) is 45.0 Å². The van der Waals surface area contributed by atoms with E-state index in [0.717, 1.165) is 0 Å². The molecule has 51 heavy (non-hydrogen) atoms. The average molecular weight is 706 g/mol. The van der Waals surface area contributed by atoms with Gasteiger partial charge in [0.1, 0.15) is 46.2 Å². The summed E-state index contributed by atoms with van der Waals surface area (Å²) >= 11 is 0. The van der Waals surface area contributed by atoms with E-state index in [1.165, 1.54) is 4.90 Å². The largest absolute Gasteiger partial charge is 0.480 e. The fourth-order valence-electron chi connectivity index (χ4n) is 7.21. The van der Waals surface area contributed by atoms with Gasteiger partial charge in [-0.3, -0.25) is 0 Å². The second-order valence-corrected chi connectivity index (χ2v) is 13.8. The van der Waals surface area contributed by atoms with Gasteiger partial charge in [-0.25, -0.2) is 28.5 Å². The number of aliphatic carboxylic acids is 1. The van der Waals surface area contributed by atoms with Gasteiger partial charge in [-0.15, -0.1) is 0 Å². The number of rotatable bonds is 6. The second-order valence-electron chi connectivity index (χ2n) is 13.8. The molecule has 1 aromatic carbocycles. The predicted molar refractivity (Wildman–Crippen MR) is 179 cm³/mol. The van der Waals surface area contributed by atoms with Crippen LogP contribution in [-0.4, -0.2) is 108 Å². The van der Waals surface area contributed by atoms with Gasteiger partial charge >= 0.3 is 5.97 Å². The molecule has 4 aliphatic heterocycles. The highest BCUT2D eigenvalue weighted by Crippen LogP contribution is 2.41. The van der Waals surface area contributed by atoms with Crippen LogP contribution >= 0.6 is 0 Å². The lowest BCUT2D eigenvalue weighted by Crippen LogP contribution is -2.68. The number of carboxylic acids is 1. The molecular weight excluding hydrogens is 668 g/mol. The molecule has 0 aliphatic carbocycles. The minimum atomic E-state index is -2.99. The van der Waals surface area contributed by atoms with Crippen LogP contribution < -0.4 is 14.5 Å². The van der Waals surface area contributed by atoms with E-state index in [4.69, 9.17) is 33.1 Å². The Hall–Kier alpha value is -4.62. The first kappa shape index (κ1) is 33.5.